The third-order valence-electron chi connectivity index (χ3n) is 6.38. The van der Waals surface area contributed by atoms with Crippen LogP contribution < -0.4 is 0 Å². The lowest BCUT2D eigenvalue weighted by Crippen LogP contribution is -2.07. The number of nitrogens with zero attached hydrogens (tertiary/aromatic N) is 1. The summed E-state index contributed by atoms with van der Waals surface area (Å²) in [5, 5.41) is 2.66. The van der Waals surface area contributed by atoms with Crippen LogP contribution in [0.1, 0.15) is 22.3 Å². The number of aromatic nitrogens is 1. The molecule has 1 aliphatic carbocycles. The largest absolute Gasteiger partial charge is 0.309 e. The Bertz CT molecular complexity index is 1360. The summed E-state index contributed by atoms with van der Waals surface area (Å²) in [6, 6.07) is 29.5. The van der Waals surface area contributed by atoms with E-state index in [2.05, 4.69) is 97.3 Å². The Balaban J connectivity index is 1.61. The minimum Gasteiger partial charge on any atom is -0.309 e. The third-order valence-corrected chi connectivity index (χ3v) is 6.38. The van der Waals surface area contributed by atoms with Crippen LogP contribution in [0.25, 0.3) is 38.6 Å². The van der Waals surface area contributed by atoms with Crippen LogP contribution in [0, 0.1) is 13.8 Å². The van der Waals surface area contributed by atoms with Crippen LogP contribution in [-0.2, 0) is 12.8 Å². The Morgan fingerprint density at radius 2 is 1.24 bits per heavy atom. The molecule has 0 bridgehead atoms. The van der Waals surface area contributed by atoms with Gasteiger partial charge >= 0.3 is 0 Å². The molecule has 0 radical (unpaired) electrons. The number of hydrogen-bond donors (Lipinski definition) is 0. The van der Waals surface area contributed by atoms with Gasteiger partial charge in [0.1, 0.15) is 0 Å². The minimum atomic E-state index is 1.22. The number of hydrogen-bond acceptors (Lipinski definition) is 0. The zero-order valence-corrected chi connectivity index (χ0v) is 16.9. The predicted molar refractivity (Wildman–Crippen MR) is 123 cm³/mol. The van der Waals surface area contributed by atoms with Gasteiger partial charge in [0.05, 0.1) is 11.0 Å². The molecule has 1 aliphatic rings. The number of rotatable bonds is 2. The first kappa shape index (κ1) is 16.6. The Labute approximate surface area is 171 Å². The van der Waals surface area contributed by atoms with Crippen molar-refractivity contribution >= 4 is 21.8 Å². The Kier molecular flexibility index (Phi) is 3.49. The molecular formula is C28H23N. The topological polar surface area (TPSA) is 4.93 Å². The summed E-state index contributed by atoms with van der Waals surface area (Å²) in [6.07, 6.45) is 2.45. The standard InChI is InChI=1S/C28H23N/c1-18-6-12-27-25(14-18)26-15-19(2)7-13-28(26)29(27)24-5-3-4-21(17-24)23-11-9-20-8-10-22(20)16-23/h3-7,9,11-17H,8,10H2,1-2H3. The first-order valence-electron chi connectivity index (χ1n) is 10.4. The minimum absolute atomic E-state index is 1.22. The summed E-state index contributed by atoms with van der Waals surface area (Å²) in [5.41, 5.74) is 12.0. The van der Waals surface area contributed by atoms with Gasteiger partial charge in [0, 0.05) is 16.5 Å². The van der Waals surface area contributed by atoms with Crippen molar-refractivity contribution in [2.24, 2.45) is 0 Å². The van der Waals surface area contributed by atoms with Crippen molar-refractivity contribution in [3.63, 3.8) is 0 Å². The van der Waals surface area contributed by atoms with Gasteiger partial charge < -0.3 is 4.57 Å². The summed E-state index contributed by atoms with van der Waals surface area (Å²) < 4.78 is 2.41. The lowest BCUT2D eigenvalue weighted by Gasteiger charge is -2.19. The second-order valence-corrected chi connectivity index (χ2v) is 8.41. The SMILES string of the molecule is Cc1ccc2c(c1)c1cc(C)ccc1n2-c1cccc(-c2ccc3c(c2)CC3)c1. The van der Waals surface area contributed by atoms with E-state index >= 15 is 0 Å². The second-order valence-electron chi connectivity index (χ2n) is 8.41. The van der Waals surface area contributed by atoms with E-state index in [0.717, 1.165) is 0 Å². The maximum atomic E-state index is 2.41. The van der Waals surface area contributed by atoms with Gasteiger partial charge in [-0.15, -0.1) is 0 Å². The van der Waals surface area contributed by atoms with Gasteiger partial charge in [-0.2, -0.15) is 0 Å². The molecule has 0 aliphatic heterocycles. The second kappa shape index (κ2) is 6.09. The van der Waals surface area contributed by atoms with Crippen molar-refractivity contribution in [3.8, 4) is 16.8 Å². The van der Waals surface area contributed by atoms with E-state index < -0.39 is 0 Å². The van der Waals surface area contributed by atoms with E-state index in [9.17, 15) is 0 Å². The predicted octanol–water partition coefficient (Wildman–Crippen LogP) is 7.17. The van der Waals surface area contributed by atoms with Crippen LogP contribution in [0.15, 0.2) is 78.9 Å². The summed E-state index contributed by atoms with van der Waals surface area (Å²) in [7, 11) is 0. The van der Waals surface area contributed by atoms with Crippen LogP contribution in [-0.4, -0.2) is 4.57 Å². The highest BCUT2D eigenvalue weighted by molar-refractivity contribution is 6.09. The van der Waals surface area contributed by atoms with Crippen LogP contribution >= 0.6 is 0 Å². The highest BCUT2D eigenvalue weighted by atomic mass is 15.0. The lowest BCUT2D eigenvalue weighted by atomic mass is 9.86. The number of benzene rings is 4. The molecule has 0 unspecified atom stereocenters. The molecule has 0 atom stereocenters. The molecule has 1 heteroatoms. The highest BCUT2D eigenvalue weighted by Gasteiger charge is 2.15. The van der Waals surface area contributed by atoms with Gasteiger partial charge in [-0.1, -0.05) is 53.6 Å². The van der Waals surface area contributed by atoms with E-state index in [1.54, 1.807) is 0 Å². The van der Waals surface area contributed by atoms with Crippen molar-refractivity contribution in [2.75, 3.05) is 0 Å². The van der Waals surface area contributed by atoms with Crippen LogP contribution in [0.5, 0.6) is 0 Å². The molecule has 1 nitrogen and oxygen atoms in total. The van der Waals surface area contributed by atoms with Crippen molar-refractivity contribution in [1.29, 1.82) is 0 Å². The summed E-state index contributed by atoms with van der Waals surface area (Å²) >= 11 is 0. The number of fused-ring (bicyclic) bond motifs is 4. The van der Waals surface area contributed by atoms with E-state index in [-0.39, 0.29) is 0 Å². The molecule has 29 heavy (non-hydrogen) atoms. The fourth-order valence-electron chi connectivity index (χ4n) is 4.73. The van der Waals surface area contributed by atoms with Crippen molar-refractivity contribution in [1.82, 2.24) is 4.57 Å². The first-order valence-corrected chi connectivity index (χ1v) is 10.4. The smallest absolute Gasteiger partial charge is 0.0541 e. The molecule has 140 valence electrons. The molecule has 4 aromatic carbocycles. The fourth-order valence-corrected chi connectivity index (χ4v) is 4.73. The maximum Gasteiger partial charge on any atom is 0.0541 e. The maximum absolute atomic E-state index is 2.41. The molecule has 0 spiro atoms. The fraction of sp³-hybridized carbons (Fsp3) is 0.143. The Morgan fingerprint density at radius 3 is 1.86 bits per heavy atom. The molecule has 0 N–H and O–H groups in total. The summed E-state index contributed by atoms with van der Waals surface area (Å²) in [4.78, 5) is 0. The Morgan fingerprint density at radius 1 is 0.586 bits per heavy atom. The molecule has 0 fully saturated rings. The van der Waals surface area contributed by atoms with E-state index in [1.165, 1.54) is 73.7 Å². The zero-order valence-electron chi connectivity index (χ0n) is 16.9. The molecule has 0 saturated carbocycles. The molecule has 1 aromatic heterocycles. The molecule has 1 heterocycles. The van der Waals surface area contributed by atoms with E-state index in [1.807, 2.05) is 0 Å². The molecule has 5 aromatic rings. The van der Waals surface area contributed by atoms with Crippen LogP contribution in [0.4, 0.5) is 0 Å². The van der Waals surface area contributed by atoms with Crippen molar-refractivity contribution in [2.45, 2.75) is 26.7 Å². The summed E-state index contributed by atoms with van der Waals surface area (Å²) in [6.45, 7) is 4.34. The van der Waals surface area contributed by atoms with Gasteiger partial charge in [-0.25, -0.2) is 0 Å². The van der Waals surface area contributed by atoms with Crippen LogP contribution in [0.2, 0.25) is 0 Å². The molecular weight excluding hydrogens is 350 g/mol. The van der Waals surface area contributed by atoms with Gasteiger partial charge in [-0.05, 0) is 85.3 Å². The molecule has 0 saturated heterocycles. The normalized spacial score (nSPS) is 12.9. The first-order chi connectivity index (χ1) is 14.2. The lowest BCUT2D eigenvalue weighted by molar-refractivity contribution is 0.840. The van der Waals surface area contributed by atoms with Crippen molar-refractivity contribution < 1.29 is 0 Å². The number of aryl methyl sites for hydroxylation is 4. The third kappa shape index (κ3) is 2.54. The van der Waals surface area contributed by atoms with Crippen LogP contribution in [0.3, 0.4) is 0 Å². The highest BCUT2D eigenvalue weighted by Crippen LogP contribution is 2.35. The molecule has 6 rings (SSSR count). The van der Waals surface area contributed by atoms with Gasteiger partial charge in [0.25, 0.3) is 0 Å². The van der Waals surface area contributed by atoms with E-state index in [4.69, 9.17) is 0 Å². The van der Waals surface area contributed by atoms with Crippen molar-refractivity contribution in [3.05, 3.63) is 101 Å². The van der Waals surface area contributed by atoms with Gasteiger partial charge in [-0.3, -0.25) is 0 Å². The Hall–Kier alpha value is -3.32. The van der Waals surface area contributed by atoms with Gasteiger partial charge in [0.15, 0.2) is 0 Å². The zero-order chi connectivity index (χ0) is 19.5. The van der Waals surface area contributed by atoms with E-state index in [0.29, 0.717) is 0 Å². The quantitative estimate of drug-likeness (QED) is 0.309. The monoisotopic (exact) mass is 373 g/mol. The molecule has 0 amide bonds. The summed E-state index contributed by atoms with van der Waals surface area (Å²) in [5.74, 6) is 0. The average Bonchev–Trinajstić information content (AvgIpc) is 3.02. The van der Waals surface area contributed by atoms with Gasteiger partial charge in [0.2, 0.25) is 0 Å². The average molecular weight is 373 g/mol.